The van der Waals surface area contributed by atoms with Crippen LogP contribution in [0.1, 0.15) is 38.3 Å². The van der Waals surface area contributed by atoms with Gasteiger partial charge in [0, 0.05) is 11.2 Å². The van der Waals surface area contributed by atoms with E-state index in [1.165, 1.54) is 11.1 Å². The van der Waals surface area contributed by atoms with Crippen LogP contribution in [0.15, 0.2) is 18.2 Å². The summed E-state index contributed by atoms with van der Waals surface area (Å²) in [6.45, 7) is 10.6. The number of nitrogens with one attached hydrogen (secondary N) is 2. The Hall–Kier alpha value is -1.09. The molecule has 0 unspecified atom stereocenters. The number of benzene rings is 1. The molecule has 0 spiro atoms. The summed E-state index contributed by atoms with van der Waals surface area (Å²) < 4.78 is 0. The van der Waals surface area contributed by atoms with Crippen LogP contribution in [-0.2, 0) is 0 Å². The molecule has 2 nitrogen and oxygen atoms in total. The van der Waals surface area contributed by atoms with Gasteiger partial charge in [0.25, 0.3) is 0 Å². The number of thiocarbonyl (C=S) groups is 1. The van der Waals surface area contributed by atoms with Gasteiger partial charge in [-0.2, -0.15) is 0 Å². The van der Waals surface area contributed by atoms with Crippen LogP contribution in [0.5, 0.6) is 0 Å². The van der Waals surface area contributed by atoms with E-state index >= 15 is 0 Å². The largest absolute Gasteiger partial charge is 0.358 e. The van der Waals surface area contributed by atoms with Gasteiger partial charge in [0.2, 0.25) is 0 Å². The molecule has 17 heavy (non-hydrogen) atoms. The summed E-state index contributed by atoms with van der Waals surface area (Å²) in [5.41, 5.74) is 3.56. The summed E-state index contributed by atoms with van der Waals surface area (Å²) in [4.78, 5) is 0. The highest BCUT2D eigenvalue weighted by Crippen LogP contribution is 2.14. The van der Waals surface area contributed by atoms with Crippen LogP contribution in [-0.4, -0.2) is 10.7 Å². The van der Waals surface area contributed by atoms with Gasteiger partial charge in [-0.15, -0.1) is 0 Å². The van der Waals surface area contributed by atoms with E-state index in [9.17, 15) is 0 Å². The first-order valence-corrected chi connectivity index (χ1v) is 6.41. The topological polar surface area (TPSA) is 24.1 Å². The third-order valence-electron chi connectivity index (χ3n) is 2.82. The predicted molar refractivity (Wildman–Crippen MR) is 79.6 cm³/mol. The molecule has 0 atom stereocenters. The Kier molecular flexibility index (Phi) is 4.52. The number of rotatable bonds is 3. The molecule has 94 valence electrons. The molecule has 0 aromatic heterocycles. The second-order valence-electron chi connectivity index (χ2n) is 5.19. The molecule has 1 aromatic rings. The van der Waals surface area contributed by atoms with Crippen molar-refractivity contribution >= 4 is 23.0 Å². The molecule has 0 aliphatic rings. The minimum Gasteiger partial charge on any atom is -0.358 e. The number of aryl methyl sites for hydroxylation is 2. The van der Waals surface area contributed by atoms with Crippen molar-refractivity contribution in [2.45, 2.75) is 46.6 Å². The van der Waals surface area contributed by atoms with Crippen molar-refractivity contribution in [2.75, 3.05) is 5.32 Å². The van der Waals surface area contributed by atoms with Crippen LogP contribution in [0.4, 0.5) is 5.69 Å². The SMILES string of the molecule is CCC(C)(C)NC(=S)Nc1cc(C)cc(C)c1. The van der Waals surface area contributed by atoms with E-state index < -0.39 is 0 Å². The molecule has 0 radical (unpaired) electrons. The molecule has 0 bridgehead atoms. The van der Waals surface area contributed by atoms with Crippen LogP contribution >= 0.6 is 12.2 Å². The molecule has 0 fully saturated rings. The first-order valence-electron chi connectivity index (χ1n) is 6.00. The van der Waals surface area contributed by atoms with E-state index in [2.05, 4.69) is 63.5 Å². The van der Waals surface area contributed by atoms with E-state index in [4.69, 9.17) is 12.2 Å². The molecule has 1 rings (SSSR count). The van der Waals surface area contributed by atoms with Gasteiger partial charge in [-0.1, -0.05) is 13.0 Å². The Morgan fingerprint density at radius 3 is 2.18 bits per heavy atom. The van der Waals surface area contributed by atoms with Gasteiger partial charge in [-0.3, -0.25) is 0 Å². The monoisotopic (exact) mass is 250 g/mol. The van der Waals surface area contributed by atoms with Gasteiger partial charge < -0.3 is 10.6 Å². The van der Waals surface area contributed by atoms with E-state index in [0.717, 1.165) is 12.1 Å². The van der Waals surface area contributed by atoms with Crippen molar-refractivity contribution in [3.8, 4) is 0 Å². The lowest BCUT2D eigenvalue weighted by molar-refractivity contribution is 0.448. The van der Waals surface area contributed by atoms with Gasteiger partial charge in [0.1, 0.15) is 0 Å². The Bertz CT molecular complexity index is 390. The number of hydrogen-bond acceptors (Lipinski definition) is 1. The molecule has 1 aromatic carbocycles. The zero-order valence-corrected chi connectivity index (χ0v) is 12.2. The molecule has 0 amide bonds. The molecule has 0 saturated heterocycles. The van der Waals surface area contributed by atoms with Gasteiger partial charge >= 0.3 is 0 Å². The minimum atomic E-state index is 0.0307. The lowest BCUT2D eigenvalue weighted by atomic mass is 10.0. The Labute approximate surface area is 110 Å². The fraction of sp³-hybridized carbons (Fsp3) is 0.500. The van der Waals surface area contributed by atoms with Gasteiger partial charge in [-0.05, 0) is 69.6 Å². The maximum atomic E-state index is 5.31. The average molecular weight is 250 g/mol. The number of hydrogen-bond donors (Lipinski definition) is 2. The summed E-state index contributed by atoms with van der Waals surface area (Å²) in [6, 6.07) is 6.34. The summed E-state index contributed by atoms with van der Waals surface area (Å²) in [7, 11) is 0. The summed E-state index contributed by atoms with van der Waals surface area (Å²) >= 11 is 5.31. The van der Waals surface area contributed by atoms with Crippen LogP contribution in [0.25, 0.3) is 0 Å². The molecule has 3 heteroatoms. The van der Waals surface area contributed by atoms with E-state index in [-0.39, 0.29) is 5.54 Å². The Morgan fingerprint density at radius 1 is 1.18 bits per heavy atom. The highest BCUT2D eigenvalue weighted by atomic mass is 32.1. The van der Waals surface area contributed by atoms with E-state index in [1.54, 1.807) is 0 Å². The second-order valence-corrected chi connectivity index (χ2v) is 5.60. The summed E-state index contributed by atoms with van der Waals surface area (Å²) in [5.74, 6) is 0. The fourth-order valence-electron chi connectivity index (χ4n) is 1.60. The molecular weight excluding hydrogens is 228 g/mol. The normalized spacial score (nSPS) is 11.1. The van der Waals surface area contributed by atoms with Crippen molar-refractivity contribution in [3.63, 3.8) is 0 Å². The predicted octanol–water partition coefficient (Wildman–Crippen LogP) is 3.78. The maximum Gasteiger partial charge on any atom is 0.171 e. The molecule has 0 aliphatic carbocycles. The lowest BCUT2D eigenvalue weighted by Crippen LogP contribution is -2.44. The summed E-state index contributed by atoms with van der Waals surface area (Å²) in [6.07, 6.45) is 1.03. The number of anilines is 1. The molecule has 0 heterocycles. The van der Waals surface area contributed by atoms with Crippen LogP contribution in [0.3, 0.4) is 0 Å². The standard InChI is InChI=1S/C14H22N2S/c1-6-14(4,5)16-13(17)15-12-8-10(2)7-11(3)9-12/h7-9H,6H2,1-5H3,(H2,15,16,17). The Balaban J connectivity index is 2.68. The third kappa shape index (κ3) is 4.73. The first kappa shape index (κ1) is 14.0. The van der Waals surface area contributed by atoms with E-state index in [0.29, 0.717) is 5.11 Å². The zero-order valence-electron chi connectivity index (χ0n) is 11.3. The van der Waals surface area contributed by atoms with Crippen LogP contribution in [0.2, 0.25) is 0 Å². The smallest absolute Gasteiger partial charge is 0.171 e. The Morgan fingerprint density at radius 2 is 1.71 bits per heavy atom. The second kappa shape index (κ2) is 5.50. The van der Waals surface area contributed by atoms with Crippen molar-refractivity contribution < 1.29 is 0 Å². The molecule has 2 N–H and O–H groups in total. The highest BCUT2D eigenvalue weighted by Gasteiger charge is 2.15. The fourth-order valence-corrected chi connectivity index (χ4v) is 2.00. The molecule has 0 aliphatic heterocycles. The van der Waals surface area contributed by atoms with Crippen molar-refractivity contribution in [1.29, 1.82) is 0 Å². The zero-order chi connectivity index (χ0) is 13.1. The third-order valence-corrected chi connectivity index (χ3v) is 3.02. The van der Waals surface area contributed by atoms with Gasteiger partial charge in [-0.25, -0.2) is 0 Å². The van der Waals surface area contributed by atoms with Crippen LogP contribution in [0, 0.1) is 13.8 Å². The average Bonchev–Trinajstić information content (AvgIpc) is 2.14. The van der Waals surface area contributed by atoms with Crippen LogP contribution < -0.4 is 10.6 Å². The quantitative estimate of drug-likeness (QED) is 0.798. The van der Waals surface area contributed by atoms with Crippen molar-refractivity contribution in [1.82, 2.24) is 5.32 Å². The molecule has 0 saturated carbocycles. The minimum absolute atomic E-state index is 0.0307. The van der Waals surface area contributed by atoms with E-state index in [1.807, 2.05) is 0 Å². The lowest BCUT2D eigenvalue weighted by Gasteiger charge is -2.26. The van der Waals surface area contributed by atoms with Gasteiger partial charge in [0.05, 0.1) is 0 Å². The highest BCUT2D eigenvalue weighted by molar-refractivity contribution is 7.80. The summed E-state index contributed by atoms with van der Waals surface area (Å²) in [5, 5.41) is 7.23. The maximum absolute atomic E-state index is 5.31. The van der Waals surface area contributed by atoms with Gasteiger partial charge in [0.15, 0.2) is 5.11 Å². The molecular formula is C14H22N2S. The first-order chi connectivity index (χ1) is 7.82. The van der Waals surface area contributed by atoms with Crippen molar-refractivity contribution in [3.05, 3.63) is 29.3 Å². The van der Waals surface area contributed by atoms with Crippen molar-refractivity contribution in [2.24, 2.45) is 0 Å².